The first-order valence-electron chi connectivity index (χ1n) is 7.61. The summed E-state index contributed by atoms with van der Waals surface area (Å²) < 4.78 is 1.47. The molecule has 24 heavy (non-hydrogen) atoms. The van der Waals surface area contributed by atoms with Crippen molar-refractivity contribution < 1.29 is 9.72 Å². The Bertz CT molecular complexity index is 730. The lowest BCUT2D eigenvalue weighted by atomic mass is 10.1. The lowest BCUT2D eigenvalue weighted by Crippen LogP contribution is -2.26. The minimum absolute atomic E-state index is 0.0437. The molecule has 0 fully saturated rings. The van der Waals surface area contributed by atoms with Crippen molar-refractivity contribution in [2.24, 2.45) is 0 Å². The van der Waals surface area contributed by atoms with Crippen LogP contribution in [0.15, 0.2) is 30.3 Å². The average Bonchev–Trinajstić information content (AvgIpc) is 2.84. The number of carbonyl (C=O) groups excluding carboxylic acids is 1. The van der Waals surface area contributed by atoms with E-state index in [2.05, 4.69) is 10.4 Å². The van der Waals surface area contributed by atoms with Gasteiger partial charge in [0.1, 0.15) is 0 Å². The fourth-order valence-electron chi connectivity index (χ4n) is 2.37. The normalized spacial score (nSPS) is 12.0. The van der Waals surface area contributed by atoms with Crippen molar-refractivity contribution in [1.82, 2.24) is 15.1 Å². The highest BCUT2D eigenvalue weighted by Gasteiger charge is 2.23. The number of nitro groups is 1. The number of nitrogens with zero attached hydrogens (tertiary/aromatic N) is 3. The lowest BCUT2D eigenvalue weighted by Gasteiger charge is -2.14. The predicted octanol–water partition coefficient (Wildman–Crippen LogP) is 3.41. The molecule has 0 saturated heterocycles. The summed E-state index contributed by atoms with van der Waals surface area (Å²) in [5, 5.41) is 17.6. The number of hydrogen-bond acceptors (Lipinski definition) is 4. The van der Waals surface area contributed by atoms with E-state index in [0.29, 0.717) is 25.1 Å². The van der Waals surface area contributed by atoms with Crippen LogP contribution in [0.3, 0.4) is 0 Å². The zero-order chi connectivity index (χ0) is 17.7. The Balaban J connectivity index is 1.85. The summed E-state index contributed by atoms with van der Waals surface area (Å²) in [6.07, 6.45) is 0.825. The first-order chi connectivity index (χ1) is 11.4. The molecule has 2 rings (SSSR count). The van der Waals surface area contributed by atoms with Crippen molar-refractivity contribution in [3.8, 4) is 0 Å². The molecule has 0 unspecified atom stereocenters. The number of aromatic nitrogens is 2. The molecule has 0 radical (unpaired) electrons. The molecule has 0 saturated carbocycles. The molecule has 1 atom stereocenters. The van der Waals surface area contributed by atoms with E-state index in [0.717, 1.165) is 5.56 Å². The number of carbonyl (C=O) groups is 1. The van der Waals surface area contributed by atoms with Gasteiger partial charge < -0.3 is 15.4 Å². The second-order valence-corrected chi connectivity index (χ2v) is 5.88. The minimum atomic E-state index is -0.611. The van der Waals surface area contributed by atoms with E-state index in [1.165, 1.54) is 4.68 Å². The summed E-state index contributed by atoms with van der Waals surface area (Å²) in [5.74, 6) is -0.423. The first-order valence-corrected chi connectivity index (χ1v) is 7.99. The molecule has 1 N–H and O–H groups in total. The van der Waals surface area contributed by atoms with Crippen molar-refractivity contribution in [2.45, 2.75) is 39.3 Å². The standard InChI is InChI=1S/C16H19ClN4O3/c1-11(13-7-4-3-5-8-13)18-14(22)9-6-10-20-12(2)15(17)16(19-20)21(23)24/h3-5,7-8,11H,6,9-10H2,1-2H3,(H,18,22)/t11-/m1/s1. The van der Waals surface area contributed by atoms with Crippen LogP contribution in [0.5, 0.6) is 0 Å². The van der Waals surface area contributed by atoms with Gasteiger partial charge in [-0.25, -0.2) is 0 Å². The van der Waals surface area contributed by atoms with Crippen LogP contribution in [-0.2, 0) is 11.3 Å². The molecule has 1 heterocycles. The van der Waals surface area contributed by atoms with Crippen LogP contribution >= 0.6 is 11.6 Å². The van der Waals surface area contributed by atoms with Gasteiger partial charge in [0.15, 0.2) is 5.02 Å². The van der Waals surface area contributed by atoms with Crippen LogP contribution in [0.2, 0.25) is 5.02 Å². The zero-order valence-corrected chi connectivity index (χ0v) is 14.3. The third-order valence-electron chi connectivity index (χ3n) is 3.74. The molecule has 0 aliphatic carbocycles. The fraction of sp³-hybridized carbons (Fsp3) is 0.375. The molecular weight excluding hydrogens is 332 g/mol. The van der Waals surface area contributed by atoms with E-state index in [1.54, 1.807) is 6.92 Å². The monoisotopic (exact) mass is 350 g/mol. The van der Waals surface area contributed by atoms with Crippen LogP contribution in [0.25, 0.3) is 0 Å². The Morgan fingerprint density at radius 2 is 2.08 bits per heavy atom. The highest BCUT2D eigenvalue weighted by Crippen LogP contribution is 2.26. The molecule has 2 aromatic rings. The van der Waals surface area contributed by atoms with Gasteiger partial charge in [-0.15, -0.1) is 0 Å². The van der Waals surface area contributed by atoms with Crippen LogP contribution in [0, 0.1) is 17.0 Å². The molecule has 7 nitrogen and oxygen atoms in total. The van der Waals surface area contributed by atoms with Crippen molar-refractivity contribution in [2.75, 3.05) is 0 Å². The zero-order valence-electron chi connectivity index (χ0n) is 13.5. The Morgan fingerprint density at radius 1 is 1.42 bits per heavy atom. The molecule has 0 spiro atoms. The van der Waals surface area contributed by atoms with E-state index in [-0.39, 0.29) is 22.8 Å². The van der Waals surface area contributed by atoms with Gasteiger partial charge in [-0.3, -0.25) is 4.79 Å². The lowest BCUT2D eigenvalue weighted by molar-refractivity contribution is -0.389. The van der Waals surface area contributed by atoms with Gasteiger partial charge in [-0.2, -0.15) is 4.68 Å². The number of benzene rings is 1. The summed E-state index contributed by atoms with van der Waals surface area (Å²) >= 11 is 5.88. The van der Waals surface area contributed by atoms with Crippen molar-refractivity contribution >= 4 is 23.3 Å². The van der Waals surface area contributed by atoms with Gasteiger partial charge >= 0.3 is 5.82 Å². The number of amides is 1. The predicted molar refractivity (Wildman–Crippen MR) is 90.9 cm³/mol. The van der Waals surface area contributed by atoms with Gasteiger partial charge in [-0.1, -0.05) is 41.9 Å². The Hall–Kier alpha value is -2.41. The van der Waals surface area contributed by atoms with Gasteiger partial charge in [0.2, 0.25) is 5.91 Å². The quantitative estimate of drug-likeness (QED) is 0.612. The third kappa shape index (κ3) is 4.32. The summed E-state index contributed by atoms with van der Waals surface area (Å²) in [7, 11) is 0. The summed E-state index contributed by atoms with van der Waals surface area (Å²) in [6.45, 7) is 3.99. The highest BCUT2D eigenvalue weighted by molar-refractivity contribution is 6.33. The molecule has 0 aliphatic rings. The molecule has 0 bridgehead atoms. The summed E-state index contributed by atoms with van der Waals surface area (Å²) in [5.41, 5.74) is 1.57. The summed E-state index contributed by atoms with van der Waals surface area (Å²) in [6, 6.07) is 9.62. The third-order valence-corrected chi connectivity index (χ3v) is 4.18. The molecule has 128 valence electrons. The Morgan fingerprint density at radius 3 is 2.67 bits per heavy atom. The number of hydrogen-bond donors (Lipinski definition) is 1. The van der Waals surface area contributed by atoms with Crippen LogP contribution in [0.4, 0.5) is 5.82 Å². The van der Waals surface area contributed by atoms with Gasteiger partial charge in [-0.05, 0) is 30.8 Å². The molecule has 1 amide bonds. The average molecular weight is 351 g/mol. The molecular formula is C16H19ClN4O3. The first kappa shape index (κ1) is 17.9. The Kier molecular flexibility index (Phi) is 5.92. The SMILES string of the molecule is Cc1c(Cl)c([N+](=O)[O-])nn1CCCC(=O)N[C@H](C)c1ccccc1. The number of rotatable bonds is 7. The van der Waals surface area contributed by atoms with Crippen molar-refractivity contribution in [3.63, 3.8) is 0 Å². The van der Waals surface area contributed by atoms with Gasteiger partial charge in [0.05, 0.1) is 23.4 Å². The topological polar surface area (TPSA) is 90.1 Å². The smallest absolute Gasteiger partial charge is 0.358 e. The largest absolute Gasteiger partial charge is 0.408 e. The van der Waals surface area contributed by atoms with E-state index in [4.69, 9.17) is 11.6 Å². The van der Waals surface area contributed by atoms with E-state index in [1.807, 2.05) is 37.3 Å². The number of nitrogens with one attached hydrogen (secondary N) is 1. The fourth-order valence-corrected chi connectivity index (χ4v) is 2.58. The maximum absolute atomic E-state index is 12.0. The Labute approximate surface area is 144 Å². The maximum Gasteiger partial charge on any atom is 0.408 e. The second kappa shape index (κ2) is 7.92. The van der Waals surface area contributed by atoms with Gasteiger partial charge in [0.25, 0.3) is 0 Å². The number of halogens is 1. The van der Waals surface area contributed by atoms with Crippen LogP contribution < -0.4 is 5.32 Å². The van der Waals surface area contributed by atoms with Crippen LogP contribution in [-0.4, -0.2) is 20.6 Å². The molecule has 0 aliphatic heterocycles. The van der Waals surface area contributed by atoms with Gasteiger partial charge in [0, 0.05) is 6.42 Å². The maximum atomic E-state index is 12.0. The van der Waals surface area contributed by atoms with E-state index in [9.17, 15) is 14.9 Å². The highest BCUT2D eigenvalue weighted by atomic mass is 35.5. The number of aryl methyl sites for hydroxylation is 1. The van der Waals surface area contributed by atoms with Crippen molar-refractivity contribution in [1.29, 1.82) is 0 Å². The van der Waals surface area contributed by atoms with E-state index >= 15 is 0 Å². The van der Waals surface area contributed by atoms with Crippen molar-refractivity contribution in [3.05, 3.63) is 56.7 Å². The summed E-state index contributed by atoms with van der Waals surface area (Å²) in [4.78, 5) is 22.2. The molecule has 1 aromatic heterocycles. The molecule has 1 aromatic carbocycles. The van der Waals surface area contributed by atoms with Crippen LogP contribution in [0.1, 0.15) is 37.1 Å². The second-order valence-electron chi connectivity index (χ2n) is 5.51. The van der Waals surface area contributed by atoms with E-state index < -0.39 is 4.92 Å². The molecule has 8 heteroatoms. The minimum Gasteiger partial charge on any atom is -0.358 e.